The highest BCUT2D eigenvalue weighted by Crippen LogP contribution is 2.55. The molecule has 1 aliphatic rings. The van der Waals surface area contributed by atoms with Crippen molar-refractivity contribution >= 4 is 23.2 Å². The summed E-state index contributed by atoms with van der Waals surface area (Å²) in [5.74, 6) is 0.661. The van der Waals surface area contributed by atoms with E-state index in [1.165, 1.54) is 0 Å². The van der Waals surface area contributed by atoms with Gasteiger partial charge in [0.1, 0.15) is 24.7 Å². The number of hydrogen-bond donors (Lipinski definition) is 3. The van der Waals surface area contributed by atoms with Crippen molar-refractivity contribution in [3.05, 3.63) is 28.8 Å². The van der Waals surface area contributed by atoms with Crippen molar-refractivity contribution in [1.29, 1.82) is 5.26 Å². The van der Waals surface area contributed by atoms with Crippen molar-refractivity contribution in [3.8, 4) is 11.8 Å². The van der Waals surface area contributed by atoms with Crippen LogP contribution in [0.3, 0.4) is 0 Å². The largest absolute Gasteiger partial charge is 0.489 e. The Morgan fingerprint density at radius 3 is 2.46 bits per heavy atom. The number of benzene rings is 1. The number of nitrogens with zero attached hydrogens (tertiary/aromatic N) is 1. The van der Waals surface area contributed by atoms with Gasteiger partial charge in [-0.25, -0.2) is 5.43 Å². The van der Waals surface area contributed by atoms with Gasteiger partial charge in [0.2, 0.25) is 0 Å². The highest BCUT2D eigenvalue weighted by molar-refractivity contribution is 6.31. The molecule has 6 nitrogen and oxygen atoms in total. The molecule has 0 aliphatic heterocycles. The molecule has 0 bridgehead atoms. The molecular formula is C18H26Cl2N4O2. The number of rotatable bonds is 8. The number of nitriles is 1. The van der Waals surface area contributed by atoms with Gasteiger partial charge in [-0.1, -0.05) is 50.9 Å². The smallest absolute Gasteiger partial charge is 0.199 e. The molecule has 2 rings (SSSR count). The van der Waals surface area contributed by atoms with E-state index in [1.54, 1.807) is 25.2 Å². The van der Waals surface area contributed by atoms with Gasteiger partial charge in [-0.05, 0) is 19.2 Å². The summed E-state index contributed by atoms with van der Waals surface area (Å²) in [5, 5.41) is 12.8. The molecule has 0 heterocycles. The summed E-state index contributed by atoms with van der Waals surface area (Å²) in [6.07, 6.45) is -0.0289. The van der Waals surface area contributed by atoms with E-state index in [2.05, 4.69) is 49.9 Å². The molecule has 1 atom stereocenters. The quantitative estimate of drug-likeness (QED) is 0.269. The zero-order valence-corrected chi connectivity index (χ0v) is 17.2. The van der Waals surface area contributed by atoms with Crippen molar-refractivity contribution in [3.63, 3.8) is 0 Å². The molecule has 0 aromatic heterocycles. The van der Waals surface area contributed by atoms with E-state index in [0.29, 0.717) is 23.1 Å². The maximum Gasteiger partial charge on any atom is 0.199 e. The molecule has 1 saturated carbocycles. The predicted octanol–water partition coefficient (Wildman–Crippen LogP) is 3.20. The third-order valence-corrected chi connectivity index (χ3v) is 5.48. The summed E-state index contributed by atoms with van der Waals surface area (Å²) in [7, 11) is 1.72. The van der Waals surface area contributed by atoms with Crippen LogP contribution in [-0.4, -0.2) is 31.6 Å². The fourth-order valence-electron chi connectivity index (χ4n) is 4.11. The summed E-state index contributed by atoms with van der Waals surface area (Å²) in [6.45, 7) is 8.91. The van der Waals surface area contributed by atoms with Gasteiger partial charge in [0.15, 0.2) is 5.69 Å². The number of hydrazine groups is 1. The van der Waals surface area contributed by atoms with Crippen LogP contribution in [0.4, 0.5) is 0 Å². The van der Waals surface area contributed by atoms with Crippen LogP contribution in [0.25, 0.3) is 0 Å². The molecule has 144 valence electrons. The van der Waals surface area contributed by atoms with Gasteiger partial charge >= 0.3 is 0 Å². The first-order valence-corrected chi connectivity index (χ1v) is 9.23. The maximum absolute atomic E-state index is 8.99. The molecule has 1 unspecified atom stereocenters. The molecule has 8 heteroatoms. The number of nitrogens with one attached hydrogen (secondary N) is 3. The van der Waals surface area contributed by atoms with Crippen molar-refractivity contribution in [2.45, 2.75) is 45.5 Å². The van der Waals surface area contributed by atoms with Crippen LogP contribution in [0.1, 0.15) is 33.3 Å². The average molecular weight is 401 g/mol. The second-order valence-electron chi connectivity index (χ2n) is 7.55. The Morgan fingerprint density at radius 2 is 1.92 bits per heavy atom. The lowest BCUT2D eigenvalue weighted by atomic mass is 9.49. The number of ether oxygens (including phenoxy) is 2. The third kappa shape index (κ3) is 4.25. The Balaban J connectivity index is 2.01. The number of hydrogen-bond acceptors (Lipinski definition) is 6. The Labute approximate surface area is 165 Å². The van der Waals surface area contributed by atoms with E-state index in [9.17, 15) is 0 Å². The topological polar surface area (TPSA) is 78.3 Å². The van der Waals surface area contributed by atoms with E-state index in [4.69, 9.17) is 37.9 Å². The summed E-state index contributed by atoms with van der Waals surface area (Å²) in [5.41, 5.74) is 5.03. The first kappa shape index (κ1) is 21.2. The Hall–Kier alpha value is -1.07. The van der Waals surface area contributed by atoms with Crippen molar-refractivity contribution in [2.75, 3.05) is 13.8 Å². The summed E-state index contributed by atoms with van der Waals surface area (Å²) in [4.78, 5) is 0. The molecule has 1 aromatic carbocycles. The van der Waals surface area contributed by atoms with Gasteiger partial charge in [0, 0.05) is 22.9 Å². The second kappa shape index (κ2) is 8.30. The fourth-order valence-corrected chi connectivity index (χ4v) is 4.49. The molecule has 3 N–H and O–H groups in total. The van der Waals surface area contributed by atoms with Crippen LogP contribution < -0.4 is 20.9 Å². The Bertz CT molecular complexity index is 660. The van der Waals surface area contributed by atoms with Gasteiger partial charge in [-0.15, -0.1) is 0 Å². The standard InChI is InChI=1S/C18H26Cl2N4O2/c1-17(2)14(23-10-25-16(20)24-22-5)18(3,4)15(17)26-12-7-6-11(9-21)13(19)8-12/h6-8,14-16,22-24H,10H2,1-5H3. The summed E-state index contributed by atoms with van der Waals surface area (Å²) in [6, 6.07) is 7.37. The lowest BCUT2D eigenvalue weighted by Crippen LogP contribution is -2.74. The first-order chi connectivity index (χ1) is 12.1. The molecule has 1 aliphatic carbocycles. The number of alkyl halides is 1. The van der Waals surface area contributed by atoms with E-state index >= 15 is 0 Å². The Morgan fingerprint density at radius 1 is 1.27 bits per heavy atom. The normalized spacial score (nSPS) is 24.4. The average Bonchev–Trinajstić information content (AvgIpc) is 2.56. The van der Waals surface area contributed by atoms with Gasteiger partial charge in [-0.3, -0.25) is 10.7 Å². The van der Waals surface area contributed by atoms with Crippen LogP contribution in [0.5, 0.6) is 5.75 Å². The van der Waals surface area contributed by atoms with Crippen LogP contribution in [0.15, 0.2) is 18.2 Å². The second-order valence-corrected chi connectivity index (χ2v) is 8.36. The van der Waals surface area contributed by atoms with Gasteiger partial charge in [0.05, 0.1) is 10.6 Å². The Kier molecular flexibility index (Phi) is 6.78. The van der Waals surface area contributed by atoms with Crippen molar-refractivity contribution < 1.29 is 9.47 Å². The lowest BCUT2D eigenvalue weighted by Gasteiger charge is -2.63. The van der Waals surface area contributed by atoms with Gasteiger partial charge < -0.3 is 9.47 Å². The van der Waals surface area contributed by atoms with E-state index in [-0.39, 0.29) is 23.0 Å². The molecular weight excluding hydrogens is 375 g/mol. The molecule has 0 spiro atoms. The zero-order chi connectivity index (χ0) is 19.5. The SMILES string of the molecule is CNNC(Cl)OCNC1C(C)(C)C(Oc2ccc(C#N)c(Cl)c2)C1(C)C. The zero-order valence-electron chi connectivity index (χ0n) is 15.7. The highest BCUT2D eigenvalue weighted by Gasteiger charge is 2.63. The predicted molar refractivity (Wildman–Crippen MR) is 103 cm³/mol. The van der Waals surface area contributed by atoms with E-state index < -0.39 is 5.69 Å². The highest BCUT2D eigenvalue weighted by atomic mass is 35.5. The van der Waals surface area contributed by atoms with Gasteiger partial charge in [0.25, 0.3) is 0 Å². The molecule has 1 aromatic rings. The molecule has 1 fully saturated rings. The van der Waals surface area contributed by atoms with Crippen molar-refractivity contribution in [2.24, 2.45) is 10.8 Å². The summed E-state index contributed by atoms with van der Waals surface area (Å²) >= 11 is 12.1. The monoisotopic (exact) mass is 400 g/mol. The molecule has 0 amide bonds. The first-order valence-electron chi connectivity index (χ1n) is 8.42. The van der Waals surface area contributed by atoms with Gasteiger partial charge in [-0.2, -0.15) is 5.26 Å². The molecule has 0 radical (unpaired) electrons. The maximum atomic E-state index is 8.99. The van der Waals surface area contributed by atoms with Crippen LogP contribution >= 0.6 is 23.2 Å². The van der Waals surface area contributed by atoms with Crippen LogP contribution in [-0.2, 0) is 4.74 Å². The minimum Gasteiger partial charge on any atom is -0.489 e. The minimum atomic E-state index is -0.619. The minimum absolute atomic E-state index is 0.0289. The van der Waals surface area contributed by atoms with Crippen LogP contribution in [0.2, 0.25) is 5.02 Å². The van der Waals surface area contributed by atoms with Crippen molar-refractivity contribution in [1.82, 2.24) is 16.2 Å². The molecule has 26 heavy (non-hydrogen) atoms. The van der Waals surface area contributed by atoms with E-state index in [1.807, 2.05) is 0 Å². The third-order valence-electron chi connectivity index (χ3n) is 4.93. The lowest BCUT2D eigenvalue weighted by molar-refractivity contribution is -0.175. The van der Waals surface area contributed by atoms with E-state index in [0.717, 1.165) is 0 Å². The molecule has 0 saturated heterocycles. The summed E-state index contributed by atoms with van der Waals surface area (Å²) < 4.78 is 11.7. The van der Waals surface area contributed by atoms with Crippen LogP contribution in [0, 0.1) is 22.2 Å². The fraction of sp³-hybridized carbons (Fsp3) is 0.611. The number of halogens is 2.